The molecular weight excluding hydrogens is 297 g/mol. The van der Waals surface area contributed by atoms with Crippen molar-refractivity contribution in [3.63, 3.8) is 0 Å². The third-order valence-corrected chi connectivity index (χ3v) is 3.15. The Hall–Kier alpha value is -0.0200. The number of benzene rings is 1. The maximum Gasteiger partial charge on any atom is 0.0548 e. The zero-order valence-electron chi connectivity index (χ0n) is 8.47. The van der Waals surface area contributed by atoms with Gasteiger partial charge in [0.2, 0.25) is 0 Å². The van der Waals surface area contributed by atoms with E-state index in [0.29, 0.717) is 5.02 Å². The van der Waals surface area contributed by atoms with Gasteiger partial charge in [0.25, 0.3) is 0 Å². The van der Waals surface area contributed by atoms with E-state index in [2.05, 4.69) is 22.5 Å². The highest BCUT2D eigenvalue weighted by Gasteiger charge is 2.07. The molecule has 0 aromatic heterocycles. The second kappa shape index (κ2) is 6.54. The van der Waals surface area contributed by atoms with E-state index in [0.717, 1.165) is 22.0 Å². The lowest BCUT2D eigenvalue weighted by atomic mass is 10.0. The van der Waals surface area contributed by atoms with Gasteiger partial charge >= 0.3 is 0 Å². The fourth-order valence-corrected chi connectivity index (χ4v) is 1.75. The highest BCUT2D eigenvalue weighted by atomic mass is 79.9. The van der Waals surface area contributed by atoms with Crippen LogP contribution < -0.4 is 5.73 Å². The Kier molecular flexibility index (Phi) is 6.53. The molecule has 1 rings (SSSR count). The first-order chi connectivity index (χ1) is 6.50. The second-order valence-electron chi connectivity index (χ2n) is 3.44. The van der Waals surface area contributed by atoms with E-state index in [1.165, 1.54) is 0 Å². The van der Waals surface area contributed by atoms with Crippen molar-refractivity contribution in [3.8, 4) is 0 Å². The van der Waals surface area contributed by atoms with Gasteiger partial charge in [-0.15, -0.1) is 19.0 Å². The van der Waals surface area contributed by atoms with Crippen molar-refractivity contribution in [2.45, 2.75) is 19.4 Å². The van der Waals surface area contributed by atoms with Gasteiger partial charge in [-0.05, 0) is 47.0 Å². The van der Waals surface area contributed by atoms with E-state index in [4.69, 9.17) is 17.3 Å². The molecule has 0 spiro atoms. The summed E-state index contributed by atoms with van der Waals surface area (Å²) in [6.45, 7) is 5.82. The maximum absolute atomic E-state index is 5.99. The summed E-state index contributed by atoms with van der Waals surface area (Å²) in [5.41, 5.74) is 8.15. The van der Waals surface area contributed by atoms with E-state index < -0.39 is 0 Å². The molecule has 4 heteroatoms. The number of hydrogen-bond acceptors (Lipinski definition) is 1. The Morgan fingerprint density at radius 1 is 1.60 bits per heavy atom. The Labute approximate surface area is 110 Å². The highest BCUT2D eigenvalue weighted by Crippen LogP contribution is 2.27. The Balaban J connectivity index is 0.00000196. The molecule has 0 aliphatic rings. The van der Waals surface area contributed by atoms with E-state index in [1.807, 2.05) is 25.1 Å². The third-order valence-electron chi connectivity index (χ3n) is 1.94. The Morgan fingerprint density at radius 3 is 2.67 bits per heavy atom. The Bertz CT molecular complexity index is 352. The number of rotatable bonds is 3. The summed E-state index contributed by atoms with van der Waals surface area (Å²) in [5, 5.41) is 0.705. The average Bonchev–Trinajstić information content (AvgIpc) is 2.08. The van der Waals surface area contributed by atoms with Crippen LogP contribution in [0.15, 0.2) is 34.8 Å². The van der Waals surface area contributed by atoms with Crippen LogP contribution in [0.4, 0.5) is 0 Å². The first-order valence-electron chi connectivity index (χ1n) is 4.35. The van der Waals surface area contributed by atoms with Gasteiger partial charge in [-0.1, -0.05) is 23.2 Å². The first kappa shape index (κ1) is 15.0. The summed E-state index contributed by atoms with van der Waals surface area (Å²) in [5.74, 6) is 0. The van der Waals surface area contributed by atoms with Crippen LogP contribution in [-0.4, -0.2) is 0 Å². The van der Waals surface area contributed by atoms with Crippen molar-refractivity contribution in [1.82, 2.24) is 0 Å². The van der Waals surface area contributed by atoms with E-state index in [-0.39, 0.29) is 18.4 Å². The fraction of sp³-hybridized carbons (Fsp3) is 0.273. The molecule has 84 valence electrons. The van der Waals surface area contributed by atoms with E-state index in [1.54, 1.807) is 0 Å². The fourth-order valence-electron chi connectivity index (χ4n) is 1.24. The zero-order valence-corrected chi connectivity index (χ0v) is 11.6. The van der Waals surface area contributed by atoms with E-state index in [9.17, 15) is 0 Å². The summed E-state index contributed by atoms with van der Waals surface area (Å²) in [6.07, 6.45) is 0.800. The molecule has 15 heavy (non-hydrogen) atoms. The zero-order chi connectivity index (χ0) is 10.7. The van der Waals surface area contributed by atoms with Crippen molar-refractivity contribution >= 4 is 39.9 Å². The molecule has 0 unspecified atom stereocenters. The lowest BCUT2D eigenvalue weighted by molar-refractivity contribution is 0.717. The molecule has 0 aliphatic heterocycles. The topological polar surface area (TPSA) is 26.0 Å². The molecule has 0 amide bonds. The normalized spacial score (nSPS) is 11.7. The van der Waals surface area contributed by atoms with Crippen LogP contribution in [0, 0.1) is 0 Å². The molecule has 0 saturated heterocycles. The standard InChI is InChI=1S/C11H13BrClN.ClH/c1-7(2)5-11(14)8-3-4-10(13)9(12)6-8;/h3-4,6,11H,1,5,14H2,2H3;1H/t11-;/m0./s1. The smallest absolute Gasteiger partial charge is 0.0548 e. The molecule has 0 bridgehead atoms. The molecule has 1 atom stereocenters. The van der Waals surface area contributed by atoms with Gasteiger partial charge in [0.1, 0.15) is 0 Å². The van der Waals surface area contributed by atoms with Gasteiger partial charge in [-0.25, -0.2) is 0 Å². The SMILES string of the molecule is C=C(C)C[C@H](N)c1ccc(Cl)c(Br)c1.Cl. The van der Waals surface area contributed by atoms with Crippen LogP contribution in [0.1, 0.15) is 24.9 Å². The minimum atomic E-state index is 0. The van der Waals surface area contributed by atoms with Crippen molar-refractivity contribution in [2.24, 2.45) is 5.73 Å². The van der Waals surface area contributed by atoms with Crippen LogP contribution >= 0.6 is 39.9 Å². The summed E-state index contributed by atoms with van der Waals surface area (Å²) in [7, 11) is 0. The van der Waals surface area contributed by atoms with Gasteiger partial charge in [-0.2, -0.15) is 0 Å². The van der Waals surface area contributed by atoms with Gasteiger partial charge in [0.05, 0.1) is 5.02 Å². The predicted molar refractivity (Wildman–Crippen MR) is 72.8 cm³/mol. The molecule has 0 fully saturated rings. The molecule has 1 aromatic carbocycles. The van der Waals surface area contributed by atoms with Crippen molar-refractivity contribution in [2.75, 3.05) is 0 Å². The molecule has 0 heterocycles. The van der Waals surface area contributed by atoms with Gasteiger partial charge in [0.15, 0.2) is 0 Å². The van der Waals surface area contributed by atoms with E-state index >= 15 is 0 Å². The lowest BCUT2D eigenvalue weighted by Crippen LogP contribution is -2.10. The number of halogens is 3. The number of nitrogens with two attached hydrogens (primary N) is 1. The monoisotopic (exact) mass is 309 g/mol. The van der Waals surface area contributed by atoms with Crippen LogP contribution in [0.25, 0.3) is 0 Å². The molecule has 0 radical (unpaired) electrons. The number of hydrogen-bond donors (Lipinski definition) is 1. The quantitative estimate of drug-likeness (QED) is 0.818. The van der Waals surface area contributed by atoms with Crippen LogP contribution in [0.5, 0.6) is 0 Å². The molecule has 1 aromatic rings. The molecule has 0 aliphatic carbocycles. The summed E-state index contributed by atoms with van der Waals surface area (Å²) in [4.78, 5) is 0. The minimum Gasteiger partial charge on any atom is -0.324 e. The maximum atomic E-state index is 5.99. The summed E-state index contributed by atoms with van der Waals surface area (Å²) >= 11 is 9.26. The predicted octanol–water partition coefficient (Wildman–Crippen LogP) is 4.49. The van der Waals surface area contributed by atoms with Crippen molar-refractivity contribution in [1.29, 1.82) is 0 Å². The van der Waals surface area contributed by atoms with Gasteiger partial charge in [-0.3, -0.25) is 0 Å². The van der Waals surface area contributed by atoms with Gasteiger partial charge in [0, 0.05) is 10.5 Å². The molecule has 2 N–H and O–H groups in total. The molecule has 1 nitrogen and oxygen atoms in total. The lowest BCUT2D eigenvalue weighted by Gasteiger charge is -2.12. The third kappa shape index (κ3) is 4.56. The summed E-state index contributed by atoms with van der Waals surface area (Å²) < 4.78 is 0.883. The van der Waals surface area contributed by atoms with Crippen LogP contribution in [0.3, 0.4) is 0 Å². The second-order valence-corrected chi connectivity index (χ2v) is 4.70. The van der Waals surface area contributed by atoms with Crippen molar-refractivity contribution in [3.05, 3.63) is 45.4 Å². The molecule has 0 saturated carbocycles. The van der Waals surface area contributed by atoms with Crippen LogP contribution in [-0.2, 0) is 0 Å². The highest BCUT2D eigenvalue weighted by molar-refractivity contribution is 9.10. The van der Waals surface area contributed by atoms with Gasteiger partial charge < -0.3 is 5.73 Å². The van der Waals surface area contributed by atoms with Crippen molar-refractivity contribution < 1.29 is 0 Å². The average molecular weight is 311 g/mol. The van der Waals surface area contributed by atoms with Crippen LogP contribution in [0.2, 0.25) is 5.02 Å². The Morgan fingerprint density at radius 2 is 2.20 bits per heavy atom. The minimum absolute atomic E-state index is 0. The summed E-state index contributed by atoms with van der Waals surface area (Å²) in [6, 6.07) is 5.75. The first-order valence-corrected chi connectivity index (χ1v) is 5.52. The largest absolute Gasteiger partial charge is 0.324 e. The molecular formula is C11H14BrCl2N.